The van der Waals surface area contributed by atoms with Crippen LogP contribution in [0.2, 0.25) is 0 Å². The third-order valence-electron chi connectivity index (χ3n) is 7.42. The van der Waals surface area contributed by atoms with Crippen molar-refractivity contribution >= 4 is 53.3 Å². The van der Waals surface area contributed by atoms with Crippen molar-refractivity contribution in [2.24, 2.45) is 0 Å². The van der Waals surface area contributed by atoms with E-state index in [0.717, 1.165) is 29.8 Å². The van der Waals surface area contributed by atoms with Crippen LogP contribution in [0.25, 0.3) is 32.8 Å². The van der Waals surface area contributed by atoms with Crippen LogP contribution in [0.5, 0.6) is 5.88 Å². The number of fused-ring (bicyclic) bond motifs is 3. The molecule has 6 aromatic rings. The fraction of sp³-hybridized carbons (Fsp3) is 0.0909. The average molecular weight is 677 g/mol. The van der Waals surface area contributed by atoms with Crippen LogP contribution in [-0.4, -0.2) is 45.7 Å². The Balaban J connectivity index is 1.62. The first-order chi connectivity index (χ1) is 22.4. The molecule has 0 aliphatic rings. The Bertz CT molecular complexity index is 2430. The molecule has 0 radical (unpaired) electrons. The second-order valence-electron chi connectivity index (χ2n) is 10.6. The van der Waals surface area contributed by atoms with Crippen LogP contribution in [0.15, 0.2) is 102 Å². The Labute approximate surface area is 268 Å². The lowest BCUT2D eigenvalue weighted by Crippen LogP contribution is -2.32. The van der Waals surface area contributed by atoms with E-state index in [-0.39, 0.29) is 34.9 Å². The molecular weight excluding hydrogens is 651 g/mol. The molecule has 10 nitrogen and oxygen atoms in total. The maximum absolute atomic E-state index is 15.1. The van der Waals surface area contributed by atoms with Crippen LogP contribution in [0, 0.1) is 11.6 Å². The van der Waals surface area contributed by atoms with E-state index in [1.54, 1.807) is 18.2 Å². The molecule has 0 atom stereocenters. The van der Waals surface area contributed by atoms with Gasteiger partial charge in [0.05, 0.1) is 30.3 Å². The smallest absolute Gasteiger partial charge is 0.282 e. The zero-order valence-corrected chi connectivity index (χ0v) is 26.5. The SMILES string of the molecule is COc1ncccc1-c1c(C(=O)NS(=O)(=O)c2cccc(NS(C)(=O)=O)c2)n(Cc2ccc(F)cc2F)c2ccc3ccccc3c12. The van der Waals surface area contributed by atoms with Gasteiger partial charge < -0.3 is 9.30 Å². The average Bonchev–Trinajstić information content (AvgIpc) is 3.36. The minimum Gasteiger partial charge on any atom is -0.481 e. The number of pyridine rings is 1. The Morgan fingerprint density at radius 1 is 0.915 bits per heavy atom. The predicted molar refractivity (Wildman–Crippen MR) is 174 cm³/mol. The molecule has 0 bridgehead atoms. The van der Waals surface area contributed by atoms with E-state index >= 15 is 4.39 Å². The van der Waals surface area contributed by atoms with Crippen molar-refractivity contribution in [3.63, 3.8) is 0 Å². The van der Waals surface area contributed by atoms with Crippen molar-refractivity contribution in [2.45, 2.75) is 11.4 Å². The monoisotopic (exact) mass is 676 g/mol. The normalized spacial score (nSPS) is 11.9. The summed E-state index contributed by atoms with van der Waals surface area (Å²) in [6, 6.07) is 22.2. The second kappa shape index (κ2) is 12.1. The number of carbonyl (C=O) groups is 1. The second-order valence-corrected chi connectivity index (χ2v) is 14.1. The van der Waals surface area contributed by atoms with Gasteiger partial charge in [0, 0.05) is 40.0 Å². The lowest BCUT2D eigenvalue weighted by atomic mass is 9.98. The number of halogens is 2. The summed E-state index contributed by atoms with van der Waals surface area (Å²) in [7, 11) is -6.93. The van der Waals surface area contributed by atoms with Crippen LogP contribution in [0.3, 0.4) is 0 Å². The highest BCUT2D eigenvalue weighted by Gasteiger charge is 2.30. The molecule has 0 unspecified atom stereocenters. The molecule has 2 N–H and O–H groups in total. The molecular formula is C33H26F2N4O6S2. The summed E-state index contributed by atoms with van der Waals surface area (Å²) in [4.78, 5) is 18.3. The largest absolute Gasteiger partial charge is 0.481 e. The van der Waals surface area contributed by atoms with Gasteiger partial charge in [-0.05, 0) is 53.2 Å². The Hall–Kier alpha value is -5.34. The first-order valence-corrected chi connectivity index (χ1v) is 17.4. The van der Waals surface area contributed by atoms with Gasteiger partial charge in [-0.25, -0.2) is 35.3 Å². The molecule has 0 aliphatic heterocycles. The van der Waals surface area contributed by atoms with Crippen molar-refractivity contribution < 1.29 is 35.1 Å². The van der Waals surface area contributed by atoms with Gasteiger partial charge >= 0.3 is 0 Å². The van der Waals surface area contributed by atoms with Crippen LogP contribution < -0.4 is 14.2 Å². The first kappa shape index (κ1) is 31.6. The number of ether oxygens (including phenoxy) is 1. The summed E-state index contributed by atoms with van der Waals surface area (Å²) in [6.45, 7) is -0.278. The molecule has 0 spiro atoms. The molecule has 4 aromatic carbocycles. The molecule has 47 heavy (non-hydrogen) atoms. The van der Waals surface area contributed by atoms with Gasteiger partial charge in [0.2, 0.25) is 15.9 Å². The minimum absolute atomic E-state index is 0.0315. The van der Waals surface area contributed by atoms with Gasteiger partial charge in [-0.3, -0.25) is 9.52 Å². The highest BCUT2D eigenvalue weighted by molar-refractivity contribution is 7.92. The third kappa shape index (κ3) is 6.24. The van der Waals surface area contributed by atoms with Gasteiger partial charge in [0.15, 0.2) is 0 Å². The van der Waals surface area contributed by atoms with Crippen molar-refractivity contribution in [1.82, 2.24) is 14.3 Å². The molecule has 14 heteroatoms. The number of hydrogen-bond donors (Lipinski definition) is 2. The van der Waals surface area contributed by atoms with Crippen LogP contribution in [0.1, 0.15) is 16.1 Å². The number of carbonyl (C=O) groups excluding carboxylic acids is 1. The molecule has 0 aliphatic carbocycles. The molecule has 0 fully saturated rings. The summed E-state index contributed by atoms with van der Waals surface area (Å²) in [6.07, 6.45) is 2.41. The number of aromatic nitrogens is 2. The molecule has 0 saturated heterocycles. The fourth-order valence-corrected chi connectivity index (χ4v) is 7.07. The number of amides is 1. The Morgan fingerprint density at radius 2 is 1.70 bits per heavy atom. The Kier molecular flexibility index (Phi) is 8.15. The van der Waals surface area contributed by atoms with Crippen molar-refractivity contribution in [3.8, 4) is 17.0 Å². The maximum atomic E-state index is 15.1. The van der Waals surface area contributed by atoms with Gasteiger partial charge in [-0.2, -0.15) is 0 Å². The van der Waals surface area contributed by atoms with E-state index in [2.05, 4.69) is 14.4 Å². The number of sulfonamides is 2. The molecule has 2 aromatic heterocycles. The third-order valence-corrected chi connectivity index (χ3v) is 9.36. The van der Waals surface area contributed by atoms with E-state index in [4.69, 9.17) is 4.74 Å². The highest BCUT2D eigenvalue weighted by atomic mass is 32.2. The van der Waals surface area contributed by atoms with E-state index in [9.17, 15) is 26.0 Å². The zero-order valence-electron chi connectivity index (χ0n) is 24.9. The molecule has 240 valence electrons. The van der Waals surface area contributed by atoms with E-state index < -0.39 is 42.5 Å². The number of methoxy groups -OCH3 is 1. The van der Waals surface area contributed by atoms with Crippen LogP contribution >= 0.6 is 0 Å². The number of nitrogens with zero attached hydrogens (tertiary/aromatic N) is 2. The number of rotatable bonds is 9. The van der Waals surface area contributed by atoms with Crippen molar-refractivity contribution in [3.05, 3.63) is 120 Å². The first-order valence-electron chi connectivity index (χ1n) is 14.0. The van der Waals surface area contributed by atoms with Crippen molar-refractivity contribution in [2.75, 3.05) is 18.1 Å². The number of benzene rings is 4. The van der Waals surface area contributed by atoms with Gasteiger partial charge in [0.1, 0.15) is 17.3 Å². The number of hydrogen-bond acceptors (Lipinski definition) is 7. The highest BCUT2D eigenvalue weighted by Crippen LogP contribution is 2.42. The maximum Gasteiger partial charge on any atom is 0.282 e. The standard InChI is InChI=1S/C33H26F2N4O6S2/c1-45-33-26(11-6-16-36-33)30-29-25-10-4-3-7-20(25)13-15-28(29)39(19-21-12-14-22(34)17-27(21)35)31(30)32(40)38-47(43,44)24-9-5-8-23(18-24)37-46(2,41)42/h3-18,37H,19H2,1-2H3,(H,38,40). The van der Waals surface area contributed by atoms with Crippen molar-refractivity contribution in [1.29, 1.82) is 0 Å². The van der Waals surface area contributed by atoms with Gasteiger partial charge in [0.25, 0.3) is 15.9 Å². The molecule has 0 saturated carbocycles. The number of anilines is 1. The summed E-state index contributed by atoms with van der Waals surface area (Å²) in [5, 5.41) is 2.06. The lowest BCUT2D eigenvalue weighted by Gasteiger charge is -2.15. The predicted octanol–water partition coefficient (Wildman–Crippen LogP) is 5.68. The molecule has 1 amide bonds. The lowest BCUT2D eigenvalue weighted by molar-refractivity contribution is 0.0974. The van der Waals surface area contributed by atoms with Crippen LogP contribution in [0.4, 0.5) is 14.5 Å². The van der Waals surface area contributed by atoms with E-state index in [0.29, 0.717) is 21.9 Å². The molecule has 2 heterocycles. The summed E-state index contributed by atoms with van der Waals surface area (Å²) >= 11 is 0. The van der Waals surface area contributed by atoms with E-state index in [1.165, 1.54) is 42.1 Å². The fourth-order valence-electron chi connectivity index (χ4n) is 5.52. The Morgan fingerprint density at radius 3 is 2.45 bits per heavy atom. The zero-order chi connectivity index (χ0) is 33.5. The van der Waals surface area contributed by atoms with E-state index in [1.807, 2.05) is 30.3 Å². The summed E-state index contributed by atoms with van der Waals surface area (Å²) < 4.78 is 91.1. The van der Waals surface area contributed by atoms with Gasteiger partial charge in [-0.15, -0.1) is 0 Å². The summed E-state index contributed by atoms with van der Waals surface area (Å²) in [5.74, 6) is -2.58. The quantitative estimate of drug-likeness (QED) is 0.201. The minimum atomic E-state index is -4.60. The number of nitrogens with one attached hydrogen (secondary N) is 2. The van der Waals surface area contributed by atoms with Crippen LogP contribution in [-0.2, 0) is 26.6 Å². The molecule has 6 rings (SSSR count). The topological polar surface area (TPSA) is 136 Å². The van der Waals surface area contributed by atoms with Gasteiger partial charge in [-0.1, -0.05) is 42.5 Å². The summed E-state index contributed by atoms with van der Waals surface area (Å²) in [5.41, 5.74) is 0.922.